The lowest BCUT2D eigenvalue weighted by atomic mass is 9.96. The minimum Gasteiger partial charge on any atom is -0.416 e. The van der Waals surface area contributed by atoms with Gasteiger partial charge in [0.25, 0.3) is 0 Å². The average molecular weight is 422 g/mol. The highest BCUT2D eigenvalue weighted by Crippen LogP contribution is 2.32. The van der Waals surface area contributed by atoms with Crippen molar-refractivity contribution in [2.24, 2.45) is 5.73 Å². The molecule has 0 aliphatic carbocycles. The first-order chi connectivity index (χ1) is 14.2. The zero-order valence-electron chi connectivity index (χ0n) is 16.7. The van der Waals surface area contributed by atoms with Crippen molar-refractivity contribution in [1.29, 1.82) is 0 Å². The predicted molar refractivity (Wildman–Crippen MR) is 121 cm³/mol. The zero-order valence-corrected chi connectivity index (χ0v) is 17.5. The highest BCUT2D eigenvalue weighted by Gasteiger charge is 2.15. The molecule has 0 radical (unpaired) electrons. The number of halogens is 1. The summed E-state index contributed by atoms with van der Waals surface area (Å²) in [5, 5.41) is 17.7. The molecule has 0 saturated carbocycles. The molecule has 4 aromatic rings. The van der Waals surface area contributed by atoms with Gasteiger partial charge in [-0.05, 0) is 53.8 Å². The van der Waals surface area contributed by atoms with Gasteiger partial charge in [-0.3, -0.25) is 0 Å². The Morgan fingerprint density at radius 2 is 1.53 bits per heavy atom. The number of aliphatic hydroxyl groups is 1. The number of nitrogens with two attached hydrogens (primary N) is 1. The van der Waals surface area contributed by atoms with E-state index >= 15 is 0 Å². The van der Waals surface area contributed by atoms with Crippen molar-refractivity contribution in [3.05, 3.63) is 83.9 Å². The van der Waals surface area contributed by atoms with E-state index in [1.54, 1.807) is 0 Å². The molecular weight excluding hydrogens is 398 g/mol. The number of rotatable bonds is 6. The highest BCUT2D eigenvalue weighted by atomic mass is 35.5. The van der Waals surface area contributed by atoms with E-state index in [9.17, 15) is 5.11 Å². The Kier molecular flexibility index (Phi) is 7.00. The minimum absolute atomic E-state index is 0. The van der Waals surface area contributed by atoms with Crippen molar-refractivity contribution in [2.45, 2.75) is 19.4 Å². The Bertz CT molecular complexity index is 1110. The van der Waals surface area contributed by atoms with Crippen LogP contribution in [0.2, 0.25) is 0 Å². The van der Waals surface area contributed by atoms with Crippen LogP contribution in [0.5, 0.6) is 0 Å². The van der Waals surface area contributed by atoms with Gasteiger partial charge >= 0.3 is 0 Å². The van der Waals surface area contributed by atoms with Crippen LogP contribution in [0.15, 0.2) is 77.2 Å². The summed E-state index contributed by atoms with van der Waals surface area (Å²) in [6.07, 6.45) is 0.587. The van der Waals surface area contributed by atoms with Gasteiger partial charge in [-0.25, -0.2) is 0 Å². The van der Waals surface area contributed by atoms with Gasteiger partial charge in [0, 0.05) is 17.2 Å². The third kappa shape index (κ3) is 4.60. The third-order valence-corrected chi connectivity index (χ3v) is 4.98. The van der Waals surface area contributed by atoms with Crippen LogP contribution >= 0.6 is 12.4 Å². The van der Waals surface area contributed by atoms with E-state index in [1.807, 2.05) is 54.6 Å². The van der Waals surface area contributed by atoms with Gasteiger partial charge < -0.3 is 15.3 Å². The van der Waals surface area contributed by atoms with E-state index in [0.717, 1.165) is 33.4 Å². The summed E-state index contributed by atoms with van der Waals surface area (Å²) in [7, 11) is 0. The van der Waals surface area contributed by atoms with Gasteiger partial charge in [0.2, 0.25) is 11.8 Å². The molecule has 0 amide bonds. The van der Waals surface area contributed by atoms with Crippen LogP contribution in [-0.2, 0) is 6.42 Å². The van der Waals surface area contributed by atoms with E-state index in [-0.39, 0.29) is 25.1 Å². The van der Waals surface area contributed by atoms with Gasteiger partial charge in [0.05, 0.1) is 6.61 Å². The molecule has 1 unspecified atom stereocenters. The molecule has 0 fully saturated rings. The zero-order chi connectivity index (χ0) is 20.2. The maximum absolute atomic E-state index is 9.18. The van der Waals surface area contributed by atoms with E-state index in [0.29, 0.717) is 18.2 Å². The lowest BCUT2D eigenvalue weighted by Crippen LogP contribution is -2.26. The summed E-state index contributed by atoms with van der Waals surface area (Å²) in [5.74, 6) is 0.955. The summed E-state index contributed by atoms with van der Waals surface area (Å²) >= 11 is 0. The first kappa shape index (κ1) is 21.7. The normalized spacial score (nSPS) is 11.7. The molecule has 1 heterocycles. The molecule has 154 valence electrons. The smallest absolute Gasteiger partial charge is 0.248 e. The van der Waals surface area contributed by atoms with Gasteiger partial charge in [-0.1, -0.05) is 54.6 Å². The maximum Gasteiger partial charge on any atom is 0.248 e. The van der Waals surface area contributed by atoms with Crippen molar-refractivity contribution in [3.63, 3.8) is 0 Å². The molecule has 0 aliphatic heterocycles. The summed E-state index contributed by atoms with van der Waals surface area (Å²) in [5.41, 5.74) is 12.0. The van der Waals surface area contributed by atoms with Crippen molar-refractivity contribution in [2.75, 3.05) is 6.61 Å². The van der Waals surface area contributed by atoms with Crippen molar-refractivity contribution < 1.29 is 9.52 Å². The molecular formula is C24H24ClN3O2. The fourth-order valence-corrected chi connectivity index (χ4v) is 3.45. The molecule has 0 saturated heterocycles. The molecule has 0 aliphatic rings. The largest absolute Gasteiger partial charge is 0.416 e. The number of benzene rings is 3. The van der Waals surface area contributed by atoms with Gasteiger partial charge in [0.15, 0.2) is 0 Å². The van der Waals surface area contributed by atoms with Gasteiger partial charge in [-0.15, -0.1) is 22.6 Å². The van der Waals surface area contributed by atoms with Crippen LogP contribution in [0, 0.1) is 6.92 Å². The Hall–Kier alpha value is -2.99. The third-order valence-electron chi connectivity index (χ3n) is 4.98. The molecule has 1 aromatic heterocycles. The molecule has 4 rings (SSSR count). The first-order valence-electron chi connectivity index (χ1n) is 9.60. The number of aromatic nitrogens is 2. The Balaban J connectivity index is 0.00000256. The molecule has 0 bridgehead atoms. The van der Waals surface area contributed by atoms with Gasteiger partial charge in [0.1, 0.15) is 0 Å². The van der Waals surface area contributed by atoms with Gasteiger partial charge in [-0.2, -0.15) is 0 Å². The topological polar surface area (TPSA) is 85.2 Å². The minimum atomic E-state index is -0.285. The lowest BCUT2D eigenvalue weighted by Gasteiger charge is -2.09. The summed E-state index contributed by atoms with van der Waals surface area (Å²) < 4.78 is 6.01. The second-order valence-corrected chi connectivity index (χ2v) is 7.10. The van der Waals surface area contributed by atoms with Crippen molar-refractivity contribution >= 4 is 12.4 Å². The van der Waals surface area contributed by atoms with E-state index in [4.69, 9.17) is 10.2 Å². The van der Waals surface area contributed by atoms with E-state index in [2.05, 4.69) is 35.3 Å². The highest BCUT2D eigenvalue weighted by molar-refractivity contribution is 5.85. The molecule has 6 heteroatoms. The Labute approximate surface area is 182 Å². The van der Waals surface area contributed by atoms with Crippen LogP contribution < -0.4 is 5.73 Å². The summed E-state index contributed by atoms with van der Waals surface area (Å²) in [6, 6.07) is 23.9. The number of hydrogen-bond acceptors (Lipinski definition) is 5. The van der Waals surface area contributed by atoms with Crippen molar-refractivity contribution in [3.8, 4) is 34.0 Å². The lowest BCUT2D eigenvalue weighted by molar-refractivity contribution is 0.265. The molecule has 0 spiro atoms. The van der Waals surface area contributed by atoms with E-state index in [1.165, 1.54) is 0 Å². The number of nitrogens with zero attached hydrogens (tertiary/aromatic N) is 2. The Morgan fingerprint density at radius 1 is 0.867 bits per heavy atom. The SMILES string of the molecule is Cc1c(-c2ccccc2)cccc1-c1nnc(-c2cccc(CC(N)CO)c2)o1.Cl. The van der Waals surface area contributed by atoms with Crippen LogP contribution in [-0.4, -0.2) is 28.0 Å². The average Bonchev–Trinajstić information content (AvgIpc) is 3.25. The second kappa shape index (κ2) is 9.67. The molecule has 3 aromatic carbocycles. The maximum atomic E-state index is 9.18. The summed E-state index contributed by atoms with van der Waals surface area (Å²) in [6.45, 7) is 2.02. The number of aliphatic hydroxyl groups excluding tert-OH is 1. The van der Waals surface area contributed by atoms with Crippen molar-refractivity contribution in [1.82, 2.24) is 10.2 Å². The van der Waals surface area contributed by atoms with Crippen LogP contribution in [0.3, 0.4) is 0 Å². The fourth-order valence-electron chi connectivity index (χ4n) is 3.45. The number of hydrogen-bond donors (Lipinski definition) is 2. The quantitative estimate of drug-likeness (QED) is 0.472. The molecule has 30 heavy (non-hydrogen) atoms. The monoisotopic (exact) mass is 421 g/mol. The second-order valence-electron chi connectivity index (χ2n) is 7.10. The first-order valence-corrected chi connectivity index (χ1v) is 9.60. The van der Waals surface area contributed by atoms with Crippen LogP contribution in [0.4, 0.5) is 0 Å². The summed E-state index contributed by atoms with van der Waals surface area (Å²) in [4.78, 5) is 0. The van der Waals surface area contributed by atoms with Crippen LogP contribution in [0.1, 0.15) is 11.1 Å². The molecule has 3 N–H and O–H groups in total. The fraction of sp³-hybridized carbons (Fsp3) is 0.167. The Morgan fingerprint density at radius 3 is 2.30 bits per heavy atom. The molecule has 5 nitrogen and oxygen atoms in total. The predicted octanol–water partition coefficient (Wildman–Crippen LogP) is 4.66. The standard InChI is InChI=1S/C24H23N3O2.ClH/c1-16-21(18-8-3-2-4-9-18)11-6-12-22(16)24-27-26-23(29-24)19-10-5-7-17(13-19)14-20(25)15-28;/h2-13,20,28H,14-15,25H2,1H3;1H. The molecule has 1 atom stereocenters. The van der Waals surface area contributed by atoms with E-state index < -0.39 is 0 Å². The van der Waals surface area contributed by atoms with Crippen LogP contribution in [0.25, 0.3) is 34.0 Å².